The Morgan fingerprint density at radius 2 is 1.86 bits per heavy atom. The predicted molar refractivity (Wildman–Crippen MR) is 74.8 cm³/mol. The molecule has 0 saturated carbocycles. The maximum absolute atomic E-state index is 12.0. The second kappa shape index (κ2) is 6.90. The minimum absolute atomic E-state index is 0.196. The highest BCUT2D eigenvalue weighted by Gasteiger charge is 2.22. The van der Waals surface area contributed by atoms with Gasteiger partial charge in [0.25, 0.3) is 0 Å². The van der Waals surface area contributed by atoms with E-state index >= 15 is 0 Å². The molecule has 0 atom stereocenters. The second-order valence-corrected chi connectivity index (χ2v) is 4.06. The average molecular weight is 284 g/mol. The van der Waals surface area contributed by atoms with E-state index in [2.05, 4.69) is 10.1 Å². The molecule has 21 heavy (non-hydrogen) atoms. The molecule has 0 bridgehead atoms. The summed E-state index contributed by atoms with van der Waals surface area (Å²) < 4.78 is 1.08. The van der Waals surface area contributed by atoms with Gasteiger partial charge >= 0.3 is 12.1 Å². The van der Waals surface area contributed by atoms with E-state index in [4.69, 9.17) is 5.73 Å². The molecule has 0 aliphatic carbocycles. The Hall–Kier alpha value is -3.09. The highest BCUT2D eigenvalue weighted by Crippen LogP contribution is 2.12. The molecule has 0 unspecified atom stereocenters. The summed E-state index contributed by atoms with van der Waals surface area (Å²) in [4.78, 5) is 26.9. The molecule has 1 aromatic carbocycles. The Morgan fingerprint density at radius 1 is 1.14 bits per heavy atom. The first-order valence-electron chi connectivity index (χ1n) is 6.20. The van der Waals surface area contributed by atoms with Crippen molar-refractivity contribution in [3.05, 3.63) is 60.4 Å². The van der Waals surface area contributed by atoms with Crippen LogP contribution in [0.4, 0.5) is 15.3 Å². The molecule has 0 saturated heterocycles. The van der Waals surface area contributed by atoms with Crippen LogP contribution in [0.1, 0.15) is 5.69 Å². The van der Waals surface area contributed by atoms with Gasteiger partial charge in [0.15, 0.2) is 5.69 Å². The lowest BCUT2D eigenvalue weighted by molar-refractivity contribution is -0.414. The molecule has 2 rings (SSSR count). The minimum Gasteiger partial charge on any atom is -0.331 e. The van der Waals surface area contributed by atoms with Crippen molar-refractivity contribution in [1.29, 1.82) is 0 Å². The third-order valence-corrected chi connectivity index (χ3v) is 2.52. The molecule has 106 valence electrons. The molecule has 0 radical (unpaired) electrons. The Morgan fingerprint density at radius 3 is 2.48 bits per heavy atom. The van der Waals surface area contributed by atoms with Crippen LogP contribution in [0.3, 0.4) is 0 Å². The number of pyridine rings is 1. The molecule has 7 heteroatoms. The molecular weight excluding hydrogens is 270 g/mol. The Balaban J connectivity index is 2.27. The summed E-state index contributed by atoms with van der Waals surface area (Å²) in [7, 11) is 0. The zero-order chi connectivity index (χ0) is 15.1. The molecule has 0 spiro atoms. The fraction of sp³-hybridized carbons (Fsp3) is 0.0714. The topological polar surface area (TPSA) is 100 Å². The summed E-state index contributed by atoms with van der Waals surface area (Å²) in [5, 5.41) is 6.16. The molecule has 0 aliphatic heterocycles. The van der Waals surface area contributed by atoms with Crippen LogP contribution in [-0.4, -0.2) is 21.7 Å². The van der Waals surface area contributed by atoms with Crippen LogP contribution >= 0.6 is 0 Å². The van der Waals surface area contributed by atoms with E-state index in [0.29, 0.717) is 11.4 Å². The lowest BCUT2D eigenvalue weighted by Gasteiger charge is -2.01. The van der Waals surface area contributed by atoms with Crippen LogP contribution in [0.25, 0.3) is 0 Å². The first-order valence-corrected chi connectivity index (χ1v) is 6.20. The van der Waals surface area contributed by atoms with Crippen LogP contribution in [-0.2, 0) is 6.54 Å². The van der Waals surface area contributed by atoms with Crippen molar-refractivity contribution in [2.45, 2.75) is 6.54 Å². The molecule has 0 aliphatic rings. The van der Waals surface area contributed by atoms with Crippen LogP contribution in [0.15, 0.2) is 59.8 Å². The lowest BCUT2D eigenvalue weighted by Crippen LogP contribution is -2.38. The number of carbonyl (C=O) groups excluding carboxylic acids is 2. The maximum Gasteiger partial charge on any atom is 0.525 e. The van der Waals surface area contributed by atoms with E-state index in [0.717, 1.165) is 4.70 Å². The van der Waals surface area contributed by atoms with Gasteiger partial charge in [-0.05, 0) is 24.3 Å². The SMILES string of the molecule is NC(=O)NC(=O)[N+](=NCc1ccccn1)c1ccccc1. The van der Waals surface area contributed by atoms with Crippen LogP contribution < -0.4 is 11.1 Å². The number of nitrogens with zero attached hydrogens (tertiary/aromatic N) is 3. The molecule has 3 N–H and O–H groups in total. The number of carbonyl (C=O) groups is 2. The van der Waals surface area contributed by atoms with Gasteiger partial charge in [-0.1, -0.05) is 29.0 Å². The smallest absolute Gasteiger partial charge is 0.331 e. The molecular formula is C14H14N5O2+. The van der Waals surface area contributed by atoms with Crippen molar-refractivity contribution >= 4 is 17.7 Å². The van der Waals surface area contributed by atoms with Crippen molar-refractivity contribution in [3.8, 4) is 0 Å². The van der Waals surface area contributed by atoms with E-state index in [1.165, 1.54) is 0 Å². The monoisotopic (exact) mass is 284 g/mol. The van der Waals surface area contributed by atoms with E-state index in [-0.39, 0.29) is 6.54 Å². The summed E-state index contributed by atoms with van der Waals surface area (Å²) >= 11 is 0. The second-order valence-electron chi connectivity index (χ2n) is 4.06. The number of urea groups is 2. The minimum atomic E-state index is -0.936. The standard InChI is InChI=1S/C14H13N5O2/c15-13(20)18-14(21)19(12-7-2-1-3-8-12)17-10-11-6-4-5-9-16-11/h1-9H,10H2,(H2-,15,18,20,21)/p+1. The summed E-state index contributed by atoms with van der Waals surface area (Å²) in [6, 6.07) is 12.5. The maximum atomic E-state index is 12.0. The van der Waals surface area contributed by atoms with Gasteiger partial charge in [0, 0.05) is 6.20 Å². The van der Waals surface area contributed by atoms with Gasteiger partial charge in [-0.25, -0.2) is 4.79 Å². The number of para-hydroxylation sites is 1. The third kappa shape index (κ3) is 4.20. The van der Waals surface area contributed by atoms with Crippen LogP contribution in [0, 0.1) is 0 Å². The number of nitrogens with two attached hydrogens (primary N) is 1. The fourth-order valence-electron chi connectivity index (χ4n) is 1.63. The van der Waals surface area contributed by atoms with Crippen molar-refractivity contribution in [2.75, 3.05) is 0 Å². The van der Waals surface area contributed by atoms with E-state index < -0.39 is 12.1 Å². The van der Waals surface area contributed by atoms with E-state index in [1.54, 1.807) is 42.6 Å². The molecule has 4 amide bonds. The van der Waals surface area contributed by atoms with Gasteiger partial charge in [-0.3, -0.25) is 4.98 Å². The largest absolute Gasteiger partial charge is 0.525 e. The molecule has 1 aromatic heterocycles. The number of hydrogen-bond donors (Lipinski definition) is 2. The normalized spacial score (nSPS) is 11.0. The van der Waals surface area contributed by atoms with Gasteiger partial charge in [0.2, 0.25) is 0 Å². The van der Waals surface area contributed by atoms with Crippen molar-refractivity contribution in [3.63, 3.8) is 0 Å². The zero-order valence-corrected chi connectivity index (χ0v) is 11.1. The lowest BCUT2D eigenvalue weighted by atomic mass is 10.3. The van der Waals surface area contributed by atoms with E-state index in [9.17, 15) is 9.59 Å². The quantitative estimate of drug-likeness (QED) is 0.667. The number of rotatable bonds is 3. The number of azo groups is 2. The molecule has 7 nitrogen and oxygen atoms in total. The van der Waals surface area contributed by atoms with Gasteiger partial charge in [-0.2, -0.15) is 10.1 Å². The summed E-state index contributed by atoms with van der Waals surface area (Å²) in [6.45, 7) is 0.196. The Kier molecular flexibility index (Phi) is 4.70. The number of nitrogens with one attached hydrogen (secondary N) is 1. The number of benzene rings is 1. The van der Waals surface area contributed by atoms with Crippen LogP contribution in [0.2, 0.25) is 0 Å². The zero-order valence-electron chi connectivity index (χ0n) is 11.1. The van der Waals surface area contributed by atoms with Gasteiger partial charge < -0.3 is 5.73 Å². The van der Waals surface area contributed by atoms with Crippen LogP contribution in [0.5, 0.6) is 0 Å². The van der Waals surface area contributed by atoms with Crippen molar-refractivity contribution < 1.29 is 14.3 Å². The van der Waals surface area contributed by atoms with Crippen molar-refractivity contribution in [2.24, 2.45) is 10.8 Å². The van der Waals surface area contributed by atoms with Gasteiger partial charge in [0.1, 0.15) is 6.54 Å². The highest BCUT2D eigenvalue weighted by atomic mass is 16.2. The number of primary amides is 1. The number of aromatic nitrogens is 1. The average Bonchev–Trinajstić information content (AvgIpc) is 2.49. The summed E-state index contributed by atoms with van der Waals surface area (Å²) in [5.41, 5.74) is 6.18. The molecule has 1 heterocycles. The highest BCUT2D eigenvalue weighted by molar-refractivity contribution is 5.89. The number of amides is 4. The summed E-state index contributed by atoms with van der Waals surface area (Å²) in [5.74, 6) is 0. The first kappa shape index (κ1) is 14.3. The number of imide groups is 1. The third-order valence-electron chi connectivity index (χ3n) is 2.52. The van der Waals surface area contributed by atoms with E-state index in [1.807, 2.05) is 17.4 Å². The molecule has 2 aromatic rings. The Bertz CT molecular complexity index is 656. The summed E-state index contributed by atoms with van der Waals surface area (Å²) in [6.07, 6.45) is 1.64. The fourth-order valence-corrected chi connectivity index (χ4v) is 1.63. The van der Waals surface area contributed by atoms with Gasteiger partial charge in [0.05, 0.1) is 5.69 Å². The predicted octanol–water partition coefficient (Wildman–Crippen LogP) is 2.17. The number of hydrogen-bond acceptors (Lipinski definition) is 4. The van der Waals surface area contributed by atoms with Crippen molar-refractivity contribution in [1.82, 2.24) is 10.3 Å². The Labute approximate surface area is 121 Å². The van der Waals surface area contributed by atoms with Gasteiger partial charge in [-0.15, -0.1) is 5.11 Å². The molecule has 0 fully saturated rings. The first-order chi connectivity index (χ1) is 10.2.